The van der Waals surface area contributed by atoms with E-state index < -0.39 is 0 Å². The first kappa shape index (κ1) is 19.0. The molecule has 7 nitrogen and oxygen atoms in total. The first-order chi connectivity index (χ1) is 12.9. The number of nitrogens with zero attached hydrogens (tertiary/aromatic N) is 2. The SMILES string of the molecule is CC(C)C(=O)Nc1ccc(NC(=O)Cc2csc(N3CCCC3=O)n2)cc1. The lowest BCUT2D eigenvalue weighted by Crippen LogP contribution is -2.23. The summed E-state index contributed by atoms with van der Waals surface area (Å²) in [7, 11) is 0. The third-order valence-corrected chi connectivity index (χ3v) is 5.06. The summed E-state index contributed by atoms with van der Waals surface area (Å²) < 4.78 is 0. The zero-order valence-electron chi connectivity index (χ0n) is 15.3. The van der Waals surface area contributed by atoms with Crippen molar-refractivity contribution in [1.29, 1.82) is 0 Å². The van der Waals surface area contributed by atoms with Crippen LogP contribution >= 0.6 is 11.3 Å². The molecular weight excluding hydrogens is 364 g/mol. The average molecular weight is 386 g/mol. The van der Waals surface area contributed by atoms with Gasteiger partial charge in [0, 0.05) is 35.6 Å². The van der Waals surface area contributed by atoms with Crippen molar-refractivity contribution in [2.45, 2.75) is 33.1 Å². The van der Waals surface area contributed by atoms with Gasteiger partial charge in [0.1, 0.15) is 0 Å². The van der Waals surface area contributed by atoms with Gasteiger partial charge >= 0.3 is 0 Å². The van der Waals surface area contributed by atoms with E-state index in [0.717, 1.165) is 6.42 Å². The van der Waals surface area contributed by atoms with Crippen molar-refractivity contribution in [3.63, 3.8) is 0 Å². The minimum Gasteiger partial charge on any atom is -0.326 e. The summed E-state index contributed by atoms with van der Waals surface area (Å²) in [6.07, 6.45) is 1.55. The normalized spacial score (nSPS) is 13.9. The molecule has 1 saturated heterocycles. The maximum Gasteiger partial charge on any atom is 0.230 e. The molecule has 1 aromatic heterocycles. The fourth-order valence-corrected chi connectivity index (χ4v) is 3.51. The monoisotopic (exact) mass is 386 g/mol. The van der Waals surface area contributed by atoms with Crippen LogP contribution in [0.25, 0.3) is 0 Å². The van der Waals surface area contributed by atoms with Crippen molar-refractivity contribution in [2.24, 2.45) is 5.92 Å². The number of amides is 3. The number of anilines is 3. The van der Waals surface area contributed by atoms with Crippen LogP contribution in [0.5, 0.6) is 0 Å². The predicted molar refractivity (Wildman–Crippen MR) is 106 cm³/mol. The van der Waals surface area contributed by atoms with Crippen molar-refractivity contribution in [2.75, 3.05) is 22.1 Å². The van der Waals surface area contributed by atoms with E-state index in [1.165, 1.54) is 11.3 Å². The number of thiazole rings is 1. The summed E-state index contributed by atoms with van der Waals surface area (Å²) in [5.74, 6) is -0.241. The lowest BCUT2D eigenvalue weighted by atomic mass is 10.2. The van der Waals surface area contributed by atoms with Gasteiger partial charge in [0.2, 0.25) is 17.7 Å². The summed E-state index contributed by atoms with van der Waals surface area (Å²) in [5.41, 5.74) is 1.98. The Kier molecular flexibility index (Phi) is 5.85. The van der Waals surface area contributed by atoms with Gasteiger partial charge in [-0.2, -0.15) is 0 Å². The van der Waals surface area contributed by atoms with Crippen molar-refractivity contribution in [3.05, 3.63) is 35.3 Å². The molecule has 2 heterocycles. The minimum atomic E-state index is -0.182. The van der Waals surface area contributed by atoms with Gasteiger partial charge in [0.25, 0.3) is 0 Å². The molecule has 0 radical (unpaired) electrons. The largest absolute Gasteiger partial charge is 0.326 e. The minimum absolute atomic E-state index is 0.0531. The van der Waals surface area contributed by atoms with E-state index in [1.54, 1.807) is 29.2 Å². The molecule has 3 rings (SSSR count). The molecule has 0 saturated carbocycles. The van der Waals surface area contributed by atoms with Gasteiger partial charge < -0.3 is 10.6 Å². The zero-order valence-corrected chi connectivity index (χ0v) is 16.1. The number of nitrogens with one attached hydrogen (secondary N) is 2. The number of carbonyl (C=O) groups excluding carboxylic acids is 3. The third-order valence-electron chi connectivity index (χ3n) is 4.15. The highest BCUT2D eigenvalue weighted by atomic mass is 32.1. The van der Waals surface area contributed by atoms with Gasteiger partial charge in [-0.3, -0.25) is 19.3 Å². The van der Waals surface area contributed by atoms with Crippen LogP contribution in [0.4, 0.5) is 16.5 Å². The standard InChI is InChI=1S/C19H22N4O3S/c1-12(2)18(26)21-14-7-5-13(6-8-14)20-16(24)10-15-11-27-19(22-15)23-9-3-4-17(23)25/h5-8,11-12H,3-4,9-10H2,1-2H3,(H,20,24)(H,21,26). The number of hydrogen-bond acceptors (Lipinski definition) is 5. The lowest BCUT2D eigenvalue weighted by molar-refractivity contribution is -0.119. The maximum absolute atomic E-state index is 12.2. The van der Waals surface area contributed by atoms with Gasteiger partial charge in [0.15, 0.2) is 5.13 Å². The predicted octanol–water partition coefficient (Wildman–Crippen LogP) is 3.05. The molecule has 1 aliphatic heterocycles. The van der Waals surface area contributed by atoms with E-state index in [0.29, 0.717) is 35.2 Å². The summed E-state index contributed by atoms with van der Waals surface area (Å²) in [6, 6.07) is 6.97. The highest BCUT2D eigenvalue weighted by Crippen LogP contribution is 2.25. The summed E-state index contributed by atoms with van der Waals surface area (Å²) >= 11 is 1.38. The van der Waals surface area contributed by atoms with Gasteiger partial charge in [-0.25, -0.2) is 4.98 Å². The van der Waals surface area contributed by atoms with Gasteiger partial charge in [-0.15, -0.1) is 11.3 Å². The van der Waals surface area contributed by atoms with Crippen LogP contribution in [0.3, 0.4) is 0 Å². The van der Waals surface area contributed by atoms with E-state index in [4.69, 9.17) is 0 Å². The molecule has 8 heteroatoms. The molecule has 2 aromatic rings. The van der Waals surface area contributed by atoms with E-state index in [1.807, 2.05) is 19.2 Å². The van der Waals surface area contributed by atoms with Crippen LogP contribution in [0.1, 0.15) is 32.4 Å². The Labute approximate surface area is 161 Å². The van der Waals surface area contributed by atoms with Gasteiger partial charge in [0.05, 0.1) is 12.1 Å². The Hall–Kier alpha value is -2.74. The number of benzene rings is 1. The average Bonchev–Trinajstić information content (AvgIpc) is 3.25. The first-order valence-corrected chi connectivity index (χ1v) is 9.76. The number of aromatic nitrogens is 1. The molecule has 0 bridgehead atoms. The summed E-state index contributed by atoms with van der Waals surface area (Å²) in [4.78, 5) is 41.8. The highest BCUT2D eigenvalue weighted by Gasteiger charge is 2.24. The molecule has 1 fully saturated rings. The maximum atomic E-state index is 12.2. The van der Waals surface area contributed by atoms with Gasteiger partial charge in [-0.05, 0) is 30.7 Å². The number of carbonyl (C=O) groups is 3. The zero-order chi connectivity index (χ0) is 19.4. The van der Waals surface area contributed by atoms with Crippen molar-refractivity contribution in [1.82, 2.24) is 4.98 Å². The van der Waals surface area contributed by atoms with Crippen LogP contribution in [-0.4, -0.2) is 29.3 Å². The Bertz CT molecular complexity index is 845. The van der Waals surface area contributed by atoms with Crippen molar-refractivity contribution < 1.29 is 14.4 Å². The van der Waals surface area contributed by atoms with Crippen LogP contribution in [0.15, 0.2) is 29.6 Å². The van der Waals surface area contributed by atoms with Crippen LogP contribution in [0.2, 0.25) is 0 Å². The van der Waals surface area contributed by atoms with E-state index in [-0.39, 0.29) is 30.1 Å². The number of rotatable bonds is 6. The fraction of sp³-hybridized carbons (Fsp3) is 0.368. The molecular formula is C19H22N4O3S. The van der Waals surface area contributed by atoms with E-state index in [9.17, 15) is 14.4 Å². The molecule has 142 valence electrons. The molecule has 27 heavy (non-hydrogen) atoms. The Morgan fingerprint density at radius 2 is 1.85 bits per heavy atom. The third kappa shape index (κ3) is 4.91. The lowest BCUT2D eigenvalue weighted by Gasteiger charge is -2.10. The molecule has 0 atom stereocenters. The Morgan fingerprint density at radius 1 is 1.19 bits per heavy atom. The van der Waals surface area contributed by atoms with Crippen LogP contribution in [0, 0.1) is 5.92 Å². The smallest absolute Gasteiger partial charge is 0.230 e. The van der Waals surface area contributed by atoms with Crippen LogP contribution < -0.4 is 15.5 Å². The van der Waals surface area contributed by atoms with Crippen molar-refractivity contribution >= 4 is 45.6 Å². The van der Waals surface area contributed by atoms with Crippen LogP contribution in [-0.2, 0) is 20.8 Å². The molecule has 0 aliphatic carbocycles. The van der Waals surface area contributed by atoms with E-state index >= 15 is 0 Å². The summed E-state index contributed by atoms with van der Waals surface area (Å²) in [5, 5.41) is 8.08. The second-order valence-electron chi connectivity index (χ2n) is 6.72. The second kappa shape index (κ2) is 8.30. The summed E-state index contributed by atoms with van der Waals surface area (Å²) in [6.45, 7) is 4.35. The second-order valence-corrected chi connectivity index (χ2v) is 7.55. The molecule has 1 aliphatic rings. The molecule has 3 amide bonds. The van der Waals surface area contributed by atoms with Crippen molar-refractivity contribution in [3.8, 4) is 0 Å². The fourth-order valence-electron chi connectivity index (χ4n) is 2.64. The number of hydrogen-bond donors (Lipinski definition) is 2. The molecule has 0 spiro atoms. The molecule has 0 unspecified atom stereocenters. The Balaban J connectivity index is 1.54. The quantitative estimate of drug-likeness (QED) is 0.798. The topological polar surface area (TPSA) is 91.4 Å². The molecule has 2 N–H and O–H groups in total. The Morgan fingerprint density at radius 3 is 2.44 bits per heavy atom. The molecule has 1 aromatic carbocycles. The van der Waals surface area contributed by atoms with E-state index in [2.05, 4.69) is 15.6 Å². The highest BCUT2D eigenvalue weighted by molar-refractivity contribution is 7.14. The first-order valence-electron chi connectivity index (χ1n) is 8.88. The van der Waals surface area contributed by atoms with Gasteiger partial charge in [-0.1, -0.05) is 13.8 Å².